The summed E-state index contributed by atoms with van der Waals surface area (Å²) in [5.41, 5.74) is 0.906. The topological polar surface area (TPSA) is 99.5 Å². The summed E-state index contributed by atoms with van der Waals surface area (Å²) < 4.78 is 5.04. The van der Waals surface area contributed by atoms with E-state index in [2.05, 4.69) is 5.32 Å². The number of esters is 1. The van der Waals surface area contributed by atoms with Gasteiger partial charge in [0.1, 0.15) is 11.6 Å². The van der Waals surface area contributed by atoms with Crippen molar-refractivity contribution in [3.05, 3.63) is 41.6 Å². The Kier molecular flexibility index (Phi) is 7.12. The summed E-state index contributed by atoms with van der Waals surface area (Å²) >= 11 is 0. The lowest BCUT2D eigenvalue weighted by atomic mass is 9.97. The third-order valence-electron chi connectivity index (χ3n) is 4.35. The summed E-state index contributed by atoms with van der Waals surface area (Å²) in [6.07, 6.45) is 2.76. The highest BCUT2D eigenvalue weighted by molar-refractivity contribution is 6.07. The van der Waals surface area contributed by atoms with E-state index < -0.39 is 5.91 Å². The number of ketones is 1. The van der Waals surface area contributed by atoms with Crippen molar-refractivity contribution in [1.82, 2.24) is 4.90 Å². The molecule has 0 atom stereocenters. The van der Waals surface area contributed by atoms with E-state index in [9.17, 15) is 19.6 Å². The molecule has 1 aromatic carbocycles. The van der Waals surface area contributed by atoms with Crippen molar-refractivity contribution >= 4 is 23.3 Å². The van der Waals surface area contributed by atoms with E-state index >= 15 is 0 Å². The number of piperidine rings is 1. The number of hydrogen-bond donors (Lipinski definition) is 1. The van der Waals surface area contributed by atoms with Crippen LogP contribution in [0.5, 0.6) is 0 Å². The van der Waals surface area contributed by atoms with Gasteiger partial charge in [-0.15, -0.1) is 0 Å². The van der Waals surface area contributed by atoms with Gasteiger partial charge in [0.2, 0.25) is 0 Å². The third-order valence-corrected chi connectivity index (χ3v) is 4.35. The third kappa shape index (κ3) is 5.68. The van der Waals surface area contributed by atoms with Gasteiger partial charge in [0.25, 0.3) is 5.91 Å². The average Bonchev–Trinajstić information content (AvgIpc) is 2.66. The second-order valence-electron chi connectivity index (χ2n) is 6.31. The van der Waals surface area contributed by atoms with Crippen molar-refractivity contribution < 1.29 is 19.1 Å². The molecule has 0 bridgehead atoms. The molecular weight excluding hydrogens is 346 g/mol. The first-order chi connectivity index (χ1) is 12.9. The number of hydrogen-bond acceptors (Lipinski definition) is 6. The van der Waals surface area contributed by atoms with E-state index in [0.717, 1.165) is 0 Å². The minimum atomic E-state index is -0.536. The summed E-state index contributed by atoms with van der Waals surface area (Å²) in [5.74, 6) is -0.967. The van der Waals surface area contributed by atoms with Crippen molar-refractivity contribution in [3.8, 4) is 6.07 Å². The summed E-state index contributed by atoms with van der Waals surface area (Å²) in [6.45, 7) is 4.73. The van der Waals surface area contributed by atoms with Crippen molar-refractivity contribution in [2.24, 2.45) is 5.92 Å². The molecule has 0 aromatic heterocycles. The van der Waals surface area contributed by atoms with Gasteiger partial charge in [-0.3, -0.25) is 14.4 Å². The zero-order valence-electron chi connectivity index (χ0n) is 15.5. The Balaban J connectivity index is 1.99. The number of amides is 1. The van der Waals surface area contributed by atoms with Gasteiger partial charge in [-0.25, -0.2) is 0 Å². The van der Waals surface area contributed by atoms with Crippen molar-refractivity contribution in [1.29, 1.82) is 5.26 Å². The van der Waals surface area contributed by atoms with Crippen LogP contribution in [-0.4, -0.2) is 42.3 Å². The monoisotopic (exact) mass is 369 g/mol. The molecule has 0 radical (unpaired) electrons. The number of likely N-dealkylation sites (tertiary alicyclic amines) is 1. The maximum atomic E-state index is 12.4. The smallest absolute Gasteiger partial charge is 0.309 e. The lowest BCUT2D eigenvalue weighted by Crippen LogP contribution is -2.34. The SMILES string of the molecule is CCOC(=O)C1CCN(/C=C(/C#N)C(=O)Nc2cccc(C(C)=O)c2)CC1. The van der Waals surface area contributed by atoms with Gasteiger partial charge < -0.3 is 15.0 Å². The van der Waals surface area contributed by atoms with E-state index in [0.29, 0.717) is 43.8 Å². The minimum absolute atomic E-state index is 0.0298. The van der Waals surface area contributed by atoms with Crippen LogP contribution < -0.4 is 5.32 Å². The zero-order chi connectivity index (χ0) is 19.8. The average molecular weight is 369 g/mol. The van der Waals surface area contributed by atoms with Crippen LogP contribution in [0.1, 0.15) is 37.0 Å². The Morgan fingerprint density at radius 2 is 2.04 bits per heavy atom. The molecule has 1 aliphatic heterocycles. The van der Waals surface area contributed by atoms with Gasteiger partial charge in [-0.1, -0.05) is 12.1 Å². The molecule has 1 N–H and O–H groups in total. The molecule has 7 heteroatoms. The van der Waals surface area contributed by atoms with E-state index in [1.165, 1.54) is 13.1 Å². The van der Waals surface area contributed by atoms with Gasteiger partial charge >= 0.3 is 5.97 Å². The fourth-order valence-corrected chi connectivity index (χ4v) is 2.86. The number of ether oxygens (including phenoxy) is 1. The number of nitrogens with one attached hydrogen (secondary N) is 1. The number of carbonyl (C=O) groups excluding carboxylic acids is 3. The first-order valence-electron chi connectivity index (χ1n) is 8.89. The summed E-state index contributed by atoms with van der Waals surface area (Å²) in [7, 11) is 0. The van der Waals surface area contributed by atoms with Crippen LogP contribution in [0.3, 0.4) is 0 Å². The fraction of sp³-hybridized carbons (Fsp3) is 0.400. The molecule has 1 aromatic rings. The fourth-order valence-electron chi connectivity index (χ4n) is 2.86. The molecule has 1 saturated heterocycles. The molecule has 1 fully saturated rings. The minimum Gasteiger partial charge on any atom is -0.466 e. The molecule has 0 spiro atoms. The van der Waals surface area contributed by atoms with Gasteiger partial charge in [0.15, 0.2) is 5.78 Å². The van der Waals surface area contributed by atoms with Crippen LogP contribution in [0.2, 0.25) is 0 Å². The second-order valence-corrected chi connectivity index (χ2v) is 6.31. The number of rotatable bonds is 6. The molecule has 1 amide bonds. The quantitative estimate of drug-likeness (QED) is 0.358. The lowest BCUT2D eigenvalue weighted by molar-refractivity contribution is -0.149. The van der Waals surface area contributed by atoms with E-state index in [4.69, 9.17) is 4.74 Å². The Morgan fingerprint density at radius 3 is 2.63 bits per heavy atom. The highest BCUT2D eigenvalue weighted by Crippen LogP contribution is 2.20. The zero-order valence-corrected chi connectivity index (χ0v) is 15.5. The molecule has 2 rings (SSSR count). The van der Waals surface area contributed by atoms with Gasteiger partial charge in [-0.2, -0.15) is 5.26 Å². The largest absolute Gasteiger partial charge is 0.466 e. The lowest BCUT2D eigenvalue weighted by Gasteiger charge is -2.30. The van der Waals surface area contributed by atoms with E-state index in [1.807, 2.05) is 11.0 Å². The van der Waals surface area contributed by atoms with Crippen LogP contribution in [-0.2, 0) is 14.3 Å². The Morgan fingerprint density at radius 1 is 1.33 bits per heavy atom. The molecular formula is C20H23N3O4. The Bertz CT molecular complexity index is 787. The number of Topliss-reactive ketones (excluding diaryl/α,β-unsaturated/α-hetero) is 1. The highest BCUT2D eigenvalue weighted by Gasteiger charge is 2.25. The summed E-state index contributed by atoms with van der Waals surface area (Å²) in [4.78, 5) is 37.4. The normalized spacial score (nSPS) is 15.0. The first kappa shape index (κ1) is 20.2. The van der Waals surface area contributed by atoms with Crippen LogP contribution in [0.15, 0.2) is 36.0 Å². The molecule has 0 unspecified atom stereocenters. The first-order valence-corrected chi connectivity index (χ1v) is 8.89. The number of nitrogens with zero attached hydrogens (tertiary/aromatic N) is 2. The highest BCUT2D eigenvalue weighted by atomic mass is 16.5. The number of carbonyl (C=O) groups is 3. The van der Waals surface area contributed by atoms with Crippen LogP contribution in [0, 0.1) is 17.2 Å². The standard InChI is InChI=1S/C20H23N3O4/c1-3-27-20(26)15-7-9-23(10-8-15)13-17(12-21)19(25)22-18-6-4-5-16(11-18)14(2)24/h4-6,11,13,15H,3,7-10H2,1-2H3,(H,22,25)/b17-13-. The van der Waals surface area contributed by atoms with Gasteiger partial charge in [0, 0.05) is 30.5 Å². The predicted molar refractivity (Wildman–Crippen MR) is 99.7 cm³/mol. The molecule has 0 aliphatic carbocycles. The molecule has 1 aliphatic rings. The molecule has 27 heavy (non-hydrogen) atoms. The number of benzene rings is 1. The molecule has 142 valence electrons. The van der Waals surface area contributed by atoms with E-state index in [1.54, 1.807) is 31.2 Å². The second kappa shape index (κ2) is 9.53. The molecule has 7 nitrogen and oxygen atoms in total. The van der Waals surface area contributed by atoms with Crippen molar-refractivity contribution in [2.45, 2.75) is 26.7 Å². The Labute approximate surface area is 158 Å². The number of anilines is 1. The van der Waals surface area contributed by atoms with Crippen molar-refractivity contribution in [2.75, 3.05) is 25.0 Å². The maximum Gasteiger partial charge on any atom is 0.309 e. The predicted octanol–water partition coefficient (Wildman–Crippen LogP) is 2.51. The van der Waals surface area contributed by atoms with Crippen LogP contribution >= 0.6 is 0 Å². The van der Waals surface area contributed by atoms with Crippen LogP contribution in [0.4, 0.5) is 5.69 Å². The molecule has 0 saturated carbocycles. The van der Waals surface area contributed by atoms with Gasteiger partial charge in [0.05, 0.1) is 12.5 Å². The van der Waals surface area contributed by atoms with Crippen LogP contribution in [0.25, 0.3) is 0 Å². The van der Waals surface area contributed by atoms with Gasteiger partial charge in [-0.05, 0) is 38.8 Å². The summed E-state index contributed by atoms with van der Waals surface area (Å²) in [5, 5.41) is 12.0. The Hall–Kier alpha value is -3.14. The van der Waals surface area contributed by atoms with Crippen molar-refractivity contribution in [3.63, 3.8) is 0 Å². The van der Waals surface area contributed by atoms with E-state index in [-0.39, 0.29) is 23.2 Å². The molecule has 1 heterocycles. The summed E-state index contributed by atoms with van der Waals surface area (Å²) in [6, 6.07) is 8.46. The number of nitriles is 1. The maximum absolute atomic E-state index is 12.4.